The van der Waals surface area contributed by atoms with Crippen LogP contribution in [0.2, 0.25) is 0 Å². The van der Waals surface area contributed by atoms with E-state index in [1.54, 1.807) is 11.2 Å². The van der Waals surface area contributed by atoms with Crippen LogP contribution in [0.4, 0.5) is 4.79 Å². The third kappa shape index (κ3) is 3.05. The van der Waals surface area contributed by atoms with Gasteiger partial charge in [-0.15, -0.1) is 0 Å². The largest absolute Gasteiger partial charge is 0.351 e. The molecule has 120 valence electrons. The first kappa shape index (κ1) is 14.8. The zero-order valence-corrected chi connectivity index (χ0v) is 12.6. The topological polar surface area (TPSA) is 97.3 Å². The molecule has 2 unspecified atom stereocenters. The Balaban J connectivity index is 1.63. The molecule has 2 aliphatic heterocycles. The number of piperidine rings is 2. The predicted molar refractivity (Wildman–Crippen MR) is 78.8 cm³/mol. The molecule has 3 amide bonds. The lowest BCUT2D eigenvalue weighted by molar-refractivity contribution is -0.138. The maximum atomic E-state index is 12.7. The van der Waals surface area contributed by atoms with Crippen molar-refractivity contribution >= 4 is 11.9 Å². The summed E-state index contributed by atoms with van der Waals surface area (Å²) in [5.41, 5.74) is 5.34. The monoisotopic (exact) mass is 306 g/mol. The van der Waals surface area contributed by atoms with Crippen molar-refractivity contribution in [2.75, 3.05) is 26.2 Å². The molecule has 8 heteroatoms. The van der Waals surface area contributed by atoms with Crippen molar-refractivity contribution in [3.8, 4) is 0 Å². The first-order valence-corrected chi connectivity index (χ1v) is 7.82. The predicted octanol–water partition coefficient (Wildman–Crippen LogP) is 0.232. The van der Waals surface area contributed by atoms with E-state index >= 15 is 0 Å². The van der Waals surface area contributed by atoms with Crippen molar-refractivity contribution < 1.29 is 9.59 Å². The van der Waals surface area contributed by atoms with E-state index < -0.39 is 6.03 Å². The van der Waals surface area contributed by atoms with Gasteiger partial charge in [0.15, 0.2) is 0 Å². The van der Waals surface area contributed by atoms with Gasteiger partial charge in [0.05, 0.1) is 12.0 Å². The van der Waals surface area contributed by atoms with E-state index in [1.165, 1.54) is 6.33 Å². The number of primary amides is 1. The maximum Gasteiger partial charge on any atom is 0.314 e. The summed E-state index contributed by atoms with van der Waals surface area (Å²) in [6.45, 7) is 2.53. The van der Waals surface area contributed by atoms with E-state index in [0.29, 0.717) is 19.6 Å². The minimum Gasteiger partial charge on any atom is -0.351 e. The second-order valence-corrected chi connectivity index (χ2v) is 6.08. The Morgan fingerprint density at radius 3 is 2.59 bits per heavy atom. The molecule has 3 rings (SSSR count). The quantitative estimate of drug-likeness (QED) is 0.846. The molecule has 0 radical (unpaired) electrons. The molecule has 0 bridgehead atoms. The second kappa shape index (κ2) is 6.33. The van der Waals surface area contributed by atoms with Crippen molar-refractivity contribution in [3.63, 3.8) is 0 Å². The van der Waals surface area contributed by atoms with Gasteiger partial charge in [0, 0.05) is 26.2 Å². The van der Waals surface area contributed by atoms with Crippen LogP contribution < -0.4 is 5.73 Å². The van der Waals surface area contributed by atoms with Crippen LogP contribution >= 0.6 is 0 Å². The lowest BCUT2D eigenvalue weighted by Crippen LogP contribution is -2.50. The van der Waals surface area contributed by atoms with Crippen molar-refractivity contribution in [2.24, 2.45) is 11.7 Å². The van der Waals surface area contributed by atoms with E-state index in [2.05, 4.69) is 10.1 Å². The molecule has 2 atom stereocenters. The molecule has 22 heavy (non-hydrogen) atoms. The van der Waals surface area contributed by atoms with E-state index in [9.17, 15) is 9.59 Å². The van der Waals surface area contributed by atoms with Crippen LogP contribution in [0.3, 0.4) is 0 Å². The van der Waals surface area contributed by atoms with Gasteiger partial charge >= 0.3 is 6.03 Å². The zero-order chi connectivity index (χ0) is 15.5. The van der Waals surface area contributed by atoms with Crippen molar-refractivity contribution in [1.29, 1.82) is 0 Å². The summed E-state index contributed by atoms with van der Waals surface area (Å²) >= 11 is 0. The Kier molecular flexibility index (Phi) is 4.26. The van der Waals surface area contributed by atoms with E-state index in [4.69, 9.17) is 5.73 Å². The standard InChI is InChI=1S/C14H22N6O2/c15-14(22)19-6-1-3-11(7-19)13(21)18-5-2-4-12(8-18)20-10-16-9-17-20/h9-12H,1-8H2,(H2,15,22). The van der Waals surface area contributed by atoms with E-state index in [1.807, 2.05) is 9.58 Å². The maximum absolute atomic E-state index is 12.7. The summed E-state index contributed by atoms with van der Waals surface area (Å²) in [4.78, 5) is 31.5. The van der Waals surface area contributed by atoms with Crippen molar-refractivity contribution in [1.82, 2.24) is 24.6 Å². The van der Waals surface area contributed by atoms with Gasteiger partial charge in [0.25, 0.3) is 0 Å². The highest BCUT2D eigenvalue weighted by Gasteiger charge is 2.33. The Hall–Kier alpha value is -2.12. The summed E-state index contributed by atoms with van der Waals surface area (Å²) < 4.78 is 1.83. The molecule has 0 spiro atoms. The SMILES string of the molecule is NC(=O)N1CCCC(C(=O)N2CCCC(n3cncn3)C2)C1. The van der Waals surface area contributed by atoms with Gasteiger partial charge in [0.2, 0.25) is 5.91 Å². The first-order valence-electron chi connectivity index (χ1n) is 7.82. The fourth-order valence-electron chi connectivity index (χ4n) is 3.41. The number of carbonyl (C=O) groups excluding carboxylic acids is 2. The highest BCUT2D eigenvalue weighted by molar-refractivity contribution is 5.80. The molecule has 2 N–H and O–H groups in total. The molecule has 3 heterocycles. The Bertz CT molecular complexity index is 531. The van der Waals surface area contributed by atoms with Crippen LogP contribution in [0.5, 0.6) is 0 Å². The molecule has 0 aliphatic carbocycles. The molecule has 2 fully saturated rings. The van der Waals surface area contributed by atoms with Gasteiger partial charge in [-0.25, -0.2) is 14.5 Å². The number of urea groups is 1. The van der Waals surface area contributed by atoms with Crippen molar-refractivity contribution in [3.05, 3.63) is 12.7 Å². The number of hydrogen-bond donors (Lipinski definition) is 1. The highest BCUT2D eigenvalue weighted by atomic mass is 16.2. The molecule has 0 saturated carbocycles. The lowest BCUT2D eigenvalue weighted by Gasteiger charge is -2.37. The van der Waals surface area contributed by atoms with Gasteiger partial charge in [-0.1, -0.05) is 0 Å². The molecular formula is C14H22N6O2. The smallest absolute Gasteiger partial charge is 0.314 e. The number of amides is 3. The molecule has 2 aliphatic rings. The first-order chi connectivity index (χ1) is 10.6. The Morgan fingerprint density at radius 2 is 1.86 bits per heavy atom. The number of rotatable bonds is 2. The molecule has 1 aromatic heterocycles. The fraction of sp³-hybridized carbons (Fsp3) is 0.714. The average Bonchev–Trinajstić information content (AvgIpc) is 3.09. The Morgan fingerprint density at radius 1 is 1.09 bits per heavy atom. The van der Waals surface area contributed by atoms with Gasteiger partial charge in [-0.3, -0.25) is 4.79 Å². The average molecular weight is 306 g/mol. The minimum absolute atomic E-state index is 0.129. The summed E-state index contributed by atoms with van der Waals surface area (Å²) in [6, 6.07) is -0.243. The molecule has 0 aromatic carbocycles. The van der Waals surface area contributed by atoms with Crippen LogP contribution in [-0.2, 0) is 4.79 Å². The normalized spacial score (nSPS) is 26.0. The fourth-order valence-corrected chi connectivity index (χ4v) is 3.41. The van der Waals surface area contributed by atoms with Crippen LogP contribution in [0.1, 0.15) is 31.7 Å². The minimum atomic E-state index is -0.434. The van der Waals surface area contributed by atoms with Crippen molar-refractivity contribution in [2.45, 2.75) is 31.7 Å². The summed E-state index contributed by atoms with van der Waals surface area (Å²) in [5, 5.41) is 4.18. The Labute approximate surface area is 129 Å². The van der Waals surface area contributed by atoms with Gasteiger partial charge in [-0.2, -0.15) is 5.10 Å². The molecule has 1 aromatic rings. The van der Waals surface area contributed by atoms with Gasteiger partial charge < -0.3 is 15.5 Å². The molecule has 2 saturated heterocycles. The summed E-state index contributed by atoms with van der Waals surface area (Å²) in [5.74, 6) is 0.00603. The van der Waals surface area contributed by atoms with Crippen LogP contribution in [0.25, 0.3) is 0 Å². The zero-order valence-electron chi connectivity index (χ0n) is 12.6. The van der Waals surface area contributed by atoms with E-state index in [-0.39, 0.29) is 17.9 Å². The molecular weight excluding hydrogens is 284 g/mol. The second-order valence-electron chi connectivity index (χ2n) is 6.08. The van der Waals surface area contributed by atoms with Crippen LogP contribution in [0, 0.1) is 5.92 Å². The number of likely N-dealkylation sites (tertiary alicyclic amines) is 2. The van der Waals surface area contributed by atoms with Crippen LogP contribution in [0.15, 0.2) is 12.7 Å². The number of aromatic nitrogens is 3. The third-order valence-electron chi connectivity index (χ3n) is 4.60. The molecule has 8 nitrogen and oxygen atoms in total. The van der Waals surface area contributed by atoms with Gasteiger partial charge in [0.1, 0.15) is 12.7 Å². The third-order valence-corrected chi connectivity index (χ3v) is 4.60. The lowest BCUT2D eigenvalue weighted by atomic mass is 9.95. The number of nitrogens with zero attached hydrogens (tertiary/aromatic N) is 5. The number of nitrogens with two attached hydrogens (primary N) is 1. The van der Waals surface area contributed by atoms with Gasteiger partial charge in [-0.05, 0) is 25.7 Å². The number of hydrogen-bond acceptors (Lipinski definition) is 4. The van der Waals surface area contributed by atoms with E-state index in [0.717, 1.165) is 32.2 Å². The highest BCUT2D eigenvalue weighted by Crippen LogP contribution is 2.24. The summed E-state index contributed by atoms with van der Waals surface area (Å²) in [6.07, 6.45) is 6.85. The number of carbonyl (C=O) groups is 2. The summed E-state index contributed by atoms with van der Waals surface area (Å²) in [7, 11) is 0. The van der Waals surface area contributed by atoms with Crippen LogP contribution in [-0.4, -0.2) is 62.7 Å².